The van der Waals surface area contributed by atoms with Crippen molar-refractivity contribution in [2.45, 2.75) is 71.6 Å². The maximum Gasteiger partial charge on any atom is 0.130 e. The van der Waals surface area contributed by atoms with E-state index >= 15 is 0 Å². The zero-order chi connectivity index (χ0) is 20.7. The van der Waals surface area contributed by atoms with Crippen LogP contribution in [-0.4, -0.2) is 12.1 Å². The van der Waals surface area contributed by atoms with Gasteiger partial charge in [-0.3, -0.25) is 4.98 Å². The van der Waals surface area contributed by atoms with Gasteiger partial charge in [0.2, 0.25) is 0 Å². The molecular weight excluding hydrogens is 349 g/mol. The van der Waals surface area contributed by atoms with Gasteiger partial charge in [0.05, 0.1) is 18.5 Å². The highest BCUT2D eigenvalue weighted by molar-refractivity contribution is 5.76. The van der Waals surface area contributed by atoms with Crippen molar-refractivity contribution >= 4 is 5.57 Å². The normalized spacial score (nSPS) is 14.9. The van der Waals surface area contributed by atoms with Crippen molar-refractivity contribution in [1.29, 1.82) is 0 Å². The summed E-state index contributed by atoms with van der Waals surface area (Å²) in [4.78, 5) is 5.07. The van der Waals surface area contributed by atoms with Gasteiger partial charge < -0.3 is 4.74 Å². The van der Waals surface area contributed by atoms with E-state index in [2.05, 4.69) is 39.0 Å². The quantitative estimate of drug-likeness (QED) is 0.568. The molecule has 0 atom stereocenters. The third kappa shape index (κ3) is 3.99. The molecule has 3 heteroatoms. The minimum Gasteiger partial charge on any atom is -0.496 e. The first-order valence-electron chi connectivity index (χ1n) is 10.1. The molecule has 1 aromatic carbocycles. The number of methoxy groups -OCH3 is 1. The van der Waals surface area contributed by atoms with E-state index in [1.165, 1.54) is 18.1 Å². The zero-order valence-electron chi connectivity index (χ0n) is 18.2. The number of rotatable bonds is 3. The molecule has 0 bridgehead atoms. The summed E-state index contributed by atoms with van der Waals surface area (Å²) in [5.74, 6) is 0.316. The first-order valence-corrected chi connectivity index (χ1v) is 10.1. The lowest BCUT2D eigenvalue weighted by atomic mass is 9.82. The van der Waals surface area contributed by atoms with Crippen LogP contribution in [0.3, 0.4) is 0 Å². The van der Waals surface area contributed by atoms with E-state index < -0.39 is 0 Å². The van der Waals surface area contributed by atoms with Crippen LogP contribution < -0.4 is 4.74 Å². The zero-order valence-corrected chi connectivity index (χ0v) is 18.2. The average molecular weight is 382 g/mol. The Labute approximate surface area is 168 Å². The van der Waals surface area contributed by atoms with E-state index in [0.29, 0.717) is 11.3 Å². The molecule has 150 valence electrons. The molecule has 1 aliphatic rings. The highest BCUT2D eigenvalue weighted by Crippen LogP contribution is 2.41. The first kappa shape index (κ1) is 20.6. The van der Waals surface area contributed by atoms with E-state index in [9.17, 15) is 4.39 Å². The van der Waals surface area contributed by atoms with Gasteiger partial charge in [-0.1, -0.05) is 53.7 Å². The molecule has 0 radical (unpaired) electrons. The molecule has 2 nitrogen and oxygen atoms in total. The molecule has 0 amide bonds. The Bertz CT molecular complexity index is 913. The molecule has 0 fully saturated rings. The van der Waals surface area contributed by atoms with Crippen LogP contribution in [-0.2, 0) is 10.8 Å². The van der Waals surface area contributed by atoms with Crippen molar-refractivity contribution in [3.63, 3.8) is 0 Å². The maximum absolute atomic E-state index is 14.7. The van der Waals surface area contributed by atoms with Crippen LogP contribution in [0, 0.1) is 5.82 Å². The molecule has 0 aliphatic heterocycles. The van der Waals surface area contributed by atoms with Gasteiger partial charge in [-0.25, -0.2) is 4.39 Å². The Hall–Kier alpha value is -2.16. The van der Waals surface area contributed by atoms with E-state index in [4.69, 9.17) is 9.72 Å². The Kier molecular flexibility index (Phi) is 5.40. The van der Waals surface area contributed by atoms with Crippen LogP contribution in [0.2, 0.25) is 0 Å². The number of pyridine rings is 1. The van der Waals surface area contributed by atoms with Gasteiger partial charge in [-0.15, -0.1) is 0 Å². The molecular formula is C25H32FNO. The second kappa shape index (κ2) is 7.35. The van der Waals surface area contributed by atoms with Crippen LogP contribution >= 0.6 is 0 Å². The molecule has 0 saturated carbocycles. The molecule has 3 rings (SSSR count). The number of nitrogens with zero attached hydrogens (tertiary/aromatic N) is 1. The predicted octanol–water partition coefficient (Wildman–Crippen LogP) is 7.06. The molecule has 0 N–H and O–H groups in total. The fraction of sp³-hybridized carbons (Fsp3) is 0.480. The Morgan fingerprint density at radius 2 is 1.68 bits per heavy atom. The largest absolute Gasteiger partial charge is 0.496 e. The molecule has 1 aliphatic carbocycles. The van der Waals surface area contributed by atoms with Crippen molar-refractivity contribution < 1.29 is 9.13 Å². The van der Waals surface area contributed by atoms with Crippen LogP contribution in [0.1, 0.15) is 77.8 Å². The third-order valence-electron chi connectivity index (χ3n) is 5.36. The van der Waals surface area contributed by atoms with Crippen LogP contribution in [0.15, 0.2) is 30.3 Å². The molecule has 2 aromatic rings. The highest BCUT2D eigenvalue weighted by atomic mass is 19.1. The fourth-order valence-corrected chi connectivity index (χ4v) is 3.84. The number of halogens is 1. The number of ether oxygens (including phenoxy) is 1. The van der Waals surface area contributed by atoms with Gasteiger partial charge in [0.1, 0.15) is 11.6 Å². The van der Waals surface area contributed by atoms with E-state index in [-0.39, 0.29) is 16.6 Å². The van der Waals surface area contributed by atoms with Crippen molar-refractivity contribution in [1.82, 2.24) is 4.98 Å². The Balaban J connectivity index is 2.25. The molecule has 0 saturated heterocycles. The van der Waals surface area contributed by atoms with Crippen LogP contribution in [0.5, 0.6) is 5.75 Å². The first-order chi connectivity index (χ1) is 13.0. The van der Waals surface area contributed by atoms with E-state index in [1.807, 2.05) is 26.8 Å². The molecule has 28 heavy (non-hydrogen) atoms. The lowest BCUT2D eigenvalue weighted by molar-refractivity contribution is 0.410. The van der Waals surface area contributed by atoms with Crippen LogP contribution in [0.25, 0.3) is 16.7 Å². The van der Waals surface area contributed by atoms with Crippen molar-refractivity contribution in [3.05, 3.63) is 53.1 Å². The van der Waals surface area contributed by atoms with Gasteiger partial charge in [0.15, 0.2) is 0 Å². The van der Waals surface area contributed by atoms with Crippen molar-refractivity contribution in [3.8, 4) is 16.9 Å². The summed E-state index contributed by atoms with van der Waals surface area (Å²) < 4.78 is 20.3. The lowest BCUT2D eigenvalue weighted by Crippen LogP contribution is -2.17. The van der Waals surface area contributed by atoms with E-state index in [0.717, 1.165) is 35.4 Å². The Morgan fingerprint density at radius 1 is 0.964 bits per heavy atom. The molecule has 1 aromatic heterocycles. The highest BCUT2D eigenvalue weighted by Gasteiger charge is 2.27. The maximum atomic E-state index is 14.7. The summed E-state index contributed by atoms with van der Waals surface area (Å²) in [7, 11) is 1.59. The summed E-state index contributed by atoms with van der Waals surface area (Å²) in [6.07, 6.45) is 5.71. The summed E-state index contributed by atoms with van der Waals surface area (Å²) >= 11 is 0. The van der Waals surface area contributed by atoms with Gasteiger partial charge in [-0.05, 0) is 47.9 Å². The second-order valence-corrected chi connectivity index (χ2v) is 9.75. The number of aromatic nitrogens is 1. The van der Waals surface area contributed by atoms with Gasteiger partial charge in [-0.2, -0.15) is 0 Å². The predicted molar refractivity (Wildman–Crippen MR) is 115 cm³/mol. The topological polar surface area (TPSA) is 22.1 Å². The number of hydrogen-bond acceptors (Lipinski definition) is 2. The summed E-state index contributed by atoms with van der Waals surface area (Å²) in [6.45, 7) is 12.6. The second-order valence-electron chi connectivity index (χ2n) is 9.75. The number of allylic oxidation sites excluding steroid dienone is 2. The van der Waals surface area contributed by atoms with Gasteiger partial charge in [0.25, 0.3) is 0 Å². The SMILES string of the molecule is COc1cc(F)c(C(C)(C)C)cc1-c1ccc(C2=CCCC2)nc1C(C)(C)C. The number of hydrogen-bond donors (Lipinski definition) is 0. The van der Waals surface area contributed by atoms with E-state index in [1.54, 1.807) is 7.11 Å². The number of benzene rings is 1. The minimum absolute atomic E-state index is 0.147. The third-order valence-corrected chi connectivity index (χ3v) is 5.36. The summed E-state index contributed by atoms with van der Waals surface area (Å²) in [5.41, 5.74) is 5.56. The molecule has 0 unspecified atom stereocenters. The summed E-state index contributed by atoms with van der Waals surface area (Å²) in [5, 5.41) is 0. The van der Waals surface area contributed by atoms with Crippen molar-refractivity contribution in [2.24, 2.45) is 0 Å². The smallest absolute Gasteiger partial charge is 0.130 e. The molecule has 1 heterocycles. The average Bonchev–Trinajstić information content (AvgIpc) is 3.13. The van der Waals surface area contributed by atoms with Crippen LogP contribution in [0.4, 0.5) is 4.39 Å². The Morgan fingerprint density at radius 3 is 2.21 bits per heavy atom. The molecule has 0 spiro atoms. The fourth-order valence-electron chi connectivity index (χ4n) is 3.84. The summed E-state index contributed by atoms with van der Waals surface area (Å²) in [6, 6.07) is 7.68. The van der Waals surface area contributed by atoms with Gasteiger partial charge >= 0.3 is 0 Å². The monoisotopic (exact) mass is 381 g/mol. The lowest BCUT2D eigenvalue weighted by Gasteiger charge is -2.26. The van der Waals surface area contributed by atoms with Crippen molar-refractivity contribution in [2.75, 3.05) is 7.11 Å². The standard InChI is InChI=1S/C25H32FNO/c1-24(2,3)19-14-18(22(28-7)15-20(19)26)17-12-13-21(16-10-8-9-11-16)27-23(17)25(4,5)6/h10,12-15H,8-9,11H2,1-7H3. The van der Waals surface area contributed by atoms with Gasteiger partial charge in [0, 0.05) is 22.6 Å². The minimum atomic E-state index is -0.297.